The highest BCUT2D eigenvalue weighted by molar-refractivity contribution is 9.10. The van der Waals surface area contributed by atoms with Gasteiger partial charge in [-0.25, -0.2) is 0 Å². The zero-order chi connectivity index (χ0) is 16.5. The maximum absolute atomic E-state index is 3.64. The zero-order valence-electron chi connectivity index (χ0n) is 12.8. The zero-order valence-corrected chi connectivity index (χ0v) is 16.0. The van der Waals surface area contributed by atoms with E-state index in [1.54, 1.807) is 0 Å². The molecule has 0 aromatic heterocycles. The van der Waals surface area contributed by atoms with Crippen LogP contribution in [0.15, 0.2) is 87.8 Å². The molecule has 0 saturated carbocycles. The van der Waals surface area contributed by atoms with Crippen LogP contribution in [0.1, 0.15) is 22.3 Å². The molecule has 3 aromatic rings. The van der Waals surface area contributed by atoms with Crippen molar-refractivity contribution < 1.29 is 0 Å². The van der Waals surface area contributed by atoms with Gasteiger partial charge in [0.1, 0.15) is 0 Å². The Morgan fingerprint density at radius 1 is 0.708 bits per heavy atom. The fourth-order valence-corrected chi connectivity index (χ4v) is 3.80. The number of hydrogen-bond donors (Lipinski definition) is 0. The monoisotopic (exact) mass is 436 g/mol. The van der Waals surface area contributed by atoms with Crippen molar-refractivity contribution in [3.05, 3.63) is 110 Å². The fourth-order valence-electron chi connectivity index (χ4n) is 3.04. The van der Waals surface area contributed by atoms with Crippen molar-refractivity contribution in [2.75, 3.05) is 0 Å². The number of halogens is 2. The normalized spacial score (nSPS) is 14.6. The summed E-state index contributed by atoms with van der Waals surface area (Å²) < 4.78 is 2.21. The third kappa shape index (κ3) is 2.92. The molecule has 4 rings (SSSR count). The molecule has 0 aliphatic heterocycles. The summed E-state index contributed by atoms with van der Waals surface area (Å²) in [6, 6.07) is 25.4. The summed E-state index contributed by atoms with van der Waals surface area (Å²) >= 11 is 7.25. The number of rotatable bonds is 2. The van der Waals surface area contributed by atoms with Gasteiger partial charge in [-0.1, -0.05) is 86.5 Å². The Kier molecular flexibility index (Phi) is 4.26. The Morgan fingerprint density at radius 3 is 2.25 bits per heavy atom. The predicted octanol–water partition coefficient (Wildman–Crippen LogP) is 7.20. The van der Waals surface area contributed by atoms with Crippen molar-refractivity contribution in [3.63, 3.8) is 0 Å². The Balaban J connectivity index is 1.91. The summed E-state index contributed by atoms with van der Waals surface area (Å²) in [6.45, 7) is 0. The number of hydrogen-bond acceptors (Lipinski definition) is 0. The van der Waals surface area contributed by atoms with Crippen LogP contribution in [0.5, 0.6) is 0 Å². The van der Waals surface area contributed by atoms with Crippen LogP contribution < -0.4 is 0 Å². The minimum Gasteiger partial charge on any atom is -0.0622 e. The molecule has 116 valence electrons. The van der Waals surface area contributed by atoms with E-state index < -0.39 is 0 Å². The van der Waals surface area contributed by atoms with Gasteiger partial charge in [-0.3, -0.25) is 0 Å². The lowest BCUT2D eigenvalue weighted by Gasteiger charge is -2.07. The van der Waals surface area contributed by atoms with Crippen molar-refractivity contribution >= 4 is 49.1 Å². The Hall–Kier alpha value is -1.90. The van der Waals surface area contributed by atoms with Gasteiger partial charge < -0.3 is 0 Å². The van der Waals surface area contributed by atoms with E-state index >= 15 is 0 Å². The Labute approximate surface area is 158 Å². The maximum atomic E-state index is 3.64. The smallest absolute Gasteiger partial charge is 0.0247 e. The van der Waals surface area contributed by atoms with Crippen molar-refractivity contribution in [2.45, 2.75) is 0 Å². The number of allylic oxidation sites excluding steroid dienone is 2. The van der Waals surface area contributed by atoms with Crippen molar-refractivity contribution in [3.8, 4) is 0 Å². The Morgan fingerprint density at radius 2 is 1.46 bits per heavy atom. The van der Waals surface area contributed by atoms with E-state index in [-0.39, 0.29) is 0 Å². The van der Waals surface area contributed by atoms with Crippen LogP contribution in [0, 0.1) is 0 Å². The van der Waals surface area contributed by atoms with Gasteiger partial charge in [0.2, 0.25) is 0 Å². The van der Waals surface area contributed by atoms with Gasteiger partial charge in [-0.15, -0.1) is 0 Å². The van der Waals surface area contributed by atoms with Crippen molar-refractivity contribution in [1.82, 2.24) is 0 Å². The second-order valence-electron chi connectivity index (χ2n) is 5.74. The van der Waals surface area contributed by atoms with Gasteiger partial charge in [0.05, 0.1) is 0 Å². The molecule has 0 radical (unpaired) electrons. The van der Waals surface area contributed by atoms with Gasteiger partial charge in [0, 0.05) is 8.95 Å². The standard InChI is InChI=1S/C22H14Br2/c23-18-10-11-19-20(15-6-2-1-3-7-15)13-17(21(19)14-18)12-16-8-4-5-9-22(16)24/h1-14H/b17-12+. The second-order valence-corrected chi connectivity index (χ2v) is 7.51. The molecule has 24 heavy (non-hydrogen) atoms. The van der Waals surface area contributed by atoms with E-state index in [0.29, 0.717) is 0 Å². The van der Waals surface area contributed by atoms with Gasteiger partial charge in [-0.2, -0.15) is 0 Å². The van der Waals surface area contributed by atoms with Gasteiger partial charge >= 0.3 is 0 Å². The van der Waals surface area contributed by atoms with Crippen LogP contribution in [0.4, 0.5) is 0 Å². The molecule has 0 saturated heterocycles. The van der Waals surface area contributed by atoms with Crippen LogP contribution in [0.3, 0.4) is 0 Å². The highest BCUT2D eigenvalue weighted by atomic mass is 79.9. The van der Waals surface area contributed by atoms with Crippen LogP contribution >= 0.6 is 31.9 Å². The van der Waals surface area contributed by atoms with E-state index in [1.165, 1.54) is 33.4 Å². The summed E-state index contributed by atoms with van der Waals surface area (Å²) in [5, 5.41) is 0. The predicted molar refractivity (Wildman–Crippen MR) is 110 cm³/mol. The molecule has 1 aliphatic rings. The third-order valence-electron chi connectivity index (χ3n) is 4.18. The molecule has 0 amide bonds. The molecule has 0 bridgehead atoms. The van der Waals surface area contributed by atoms with E-state index in [0.717, 1.165) is 8.95 Å². The lowest BCUT2D eigenvalue weighted by molar-refractivity contribution is 1.53. The van der Waals surface area contributed by atoms with Gasteiger partial charge in [-0.05, 0) is 63.8 Å². The second kappa shape index (κ2) is 6.54. The summed E-state index contributed by atoms with van der Waals surface area (Å²) in [6.07, 6.45) is 4.52. The van der Waals surface area contributed by atoms with Gasteiger partial charge in [0.25, 0.3) is 0 Å². The van der Waals surface area contributed by atoms with Crippen molar-refractivity contribution in [2.24, 2.45) is 0 Å². The molecule has 0 atom stereocenters. The summed E-state index contributed by atoms with van der Waals surface area (Å²) in [5.74, 6) is 0. The molecule has 0 spiro atoms. The third-order valence-corrected chi connectivity index (χ3v) is 5.40. The minimum absolute atomic E-state index is 1.10. The first-order valence-electron chi connectivity index (χ1n) is 7.76. The average Bonchev–Trinajstić information content (AvgIpc) is 2.95. The van der Waals surface area contributed by atoms with Crippen LogP contribution in [-0.2, 0) is 0 Å². The minimum atomic E-state index is 1.10. The van der Waals surface area contributed by atoms with E-state index in [1.807, 2.05) is 6.07 Å². The average molecular weight is 438 g/mol. The van der Waals surface area contributed by atoms with Gasteiger partial charge in [0.15, 0.2) is 0 Å². The molecular formula is C22H14Br2. The fraction of sp³-hybridized carbons (Fsp3) is 0. The molecule has 0 heterocycles. The summed E-state index contributed by atoms with van der Waals surface area (Å²) in [7, 11) is 0. The topological polar surface area (TPSA) is 0 Å². The molecule has 1 aliphatic carbocycles. The molecule has 0 fully saturated rings. The van der Waals surface area contributed by atoms with Crippen LogP contribution in [0.2, 0.25) is 0 Å². The van der Waals surface area contributed by atoms with E-state index in [2.05, 4.69) is 111 Å². The molecule has 2 heteroatoms. The van der Waals surface area contributed by atoms with E-state index in [9.17, 15) is 0 Å². The first kappa shape index (κ1) is 15.6. The maximum Gasteiger partial charge on any atom is 0.0247 e. The van der Waals surface area contributed by atoms with Crippen molar-refractivity contribution in [1.29, 1.82) is 0 Å². The number of fused-ring (bicyclic) bond motifs is 1. The molecule has 0 nitrogen and oxygen atoms in total. The molecule has 0 N–H and O–H groups in total. The summed E-state index contributed by atoms with van der Waals surface area (Å²) in [5.41, 5.74) is 7.48. The number of benzene rings is 3. The van der Waals surface area contributed by atoms with Crippen LogP contribution in [-0.4, -0.2) is 0 Å². The largest absolute Gasteiger partial charge is 0.0622 e. The lowest BCUT2D eigenvalue weighted by atomic mass is 9.99. The lowest BCUT2D eigenvalue weighted by Crippen LogP contribution is -1.86. The first-order valence-corrected chi connectivity index (χ1v) is 9.34. The highest BCUT2D eigenvalue weighted by Gasteiger charge is 2.20. The highest BCUT2D eigenvalue weighted by Crippen LogP contribution is 2.41. The molecule has 0 unspecified atom stereocenters. The van der Waals surface area contributed by atoms with E-state index in [4.69, 9.17) is 0 Å². The van der Waals surface area contributed by atoms with Crippen LogP contribution in [0.25, 0.3) is 17.2 Å². The molecule has 3 aromatic carbocycles. The first-order chi connectivity index (χ1) is 11.7. The molecular weight excluding hydrogens is 424 g/mol. The Bertz CT molecular complexity index is 966. The SMILES string of the molecule is Brc1ccc2c(c1)/C(=C/c1ccccc1Br)C=C2c1ccccc1. The quantitative estimate of drug-likeness (QED) is 0.397. The summed E-state index contributed by atoms with van der Waals surface area (Å²) in [4.78, 5) is 0.